The lowest BCUT2D eigenvalue weighted by atomic mass is 10.1. The highest BCUT2D eigenvalue weighted by Gasteiger charge is 2.33. The second-order valence-corrected chi connectivity index (χ2v) is 7.93. The summed E-state index contributed by atoms with van der Waals surface area (Å²) in [6.07, 6.45) is -4.92. The number of amides is 2. The Morgan fingerprint density at radius 3 is 2.38 bits per heavy atom. The Morgan fingerprint density at radius 1 is 1.21 bits per heavy atom. The standard InChI is InChI=1S/C19H26F3N3O4/c1-12-10-24(7-8-25(12)17(27)29-18(2,3)4)16(26)13-5-6-15(14(23)9-13)28-11-19(20,21)22/h5-6,9,12H,7-8,10-11,23H2,1-4H3/t12-/m0/s1. The van der Waals surface area contributed by atoms with Crippen LogP contribution < -0.4 is 10.5 Å². The van der Waals surface area contributed by atoms with E-state index in [2.05, 4.69) is 4.74 Å². The second-order valence-electron chi connectivity index (χ2n) is 7.93. The maximum atomic E-state index is 12.7. The number of piperazine rings is 1. The van der Waals surface area contributed by atoms with Gasteiger partial charge in [-0.3, -0.25) is 4.79 Å². The molecule has 0 unspecified atom stereocenters. The predicted molar refractivity (Wildman–Crippen MR) is 101 cm³/mol. The van der Waals surface area contributed by atoms with Crippen molar-refractivity contribution in [2.45, 2.75) is 45.5 Å². The summed E-state index contributed by atoms with van der Waals surface area (Å²) in [5.41, 5.74) is 5.30. The number of benzene rings is 1. The fraction of sp³-hybridized carbons (Fsp3) is 0.579. The van der Waals surface area contributed by atoms with Crippen molar-refractivity contribution in [3.63, 3.8) is 0 Å². The minimum atomic E-state index is -4.48. The SMILES string of the molecule is C[C@H]1CN(C(=O)c2ccc(OCC(F)(F)F)c(N)c2)CCN1C(=O)OC(C)(C)C. The van der Waals surface area contributed by atoms with Crippen molar-refractivity contribution in [2.24, 2.45) is 0 Å². The summed E-state index contributed by atoms with van der Waals surface area (Å²) in [6, 6.07) is 3.65. The molecule has 162 valence electrons. The first kappa shape index (κ1) is 22.6. The van der Waals surface area contributed by atoms with Crippen molar-refractivity contribution in [1.29, 1.82) is 0 Å². The summed E-state index contributed by atoms with van der Waals surface area (Å²) in [5, 5.41) is 0. The second kappa shape index (κ2) is 8.38. The molecule has 7 nitrogen and oxygen atoms in total. The number of hydrogen-bond donors (Lipinski definition) is 1. The van der Waals surface area contributed by atoms with Crippen molar-refractivity contribution >= 4 is 17.7 Å². The van der Waals surface area contributed by atoms with E-state index in [-0.39, 0.29) is 28.9 Å². The van der Waals surface area contributed by atoms with Crippen LogP contribution in [0.5, 0.6) is 5.75 Å². The van der Waals surface area contributed by atoms with Crippen LogP contribution in [0.1, 0.15) is 38.1 Å². The first-order valence-corrected chi connectivity index (χ1v) is 9.15. The van der Waals surface area contributed by atoms with E-state index in [9.17, 15) is 22.8 Å². The highest BCUT2D eigenvalue weighted by atomic mass is 19.4. The molecule has 2 N–H and O–H groups in total. The molecule has 0 bridgehead atoms. The molecule has 2 rings (SSSR count). The lowest BCUT2D eigenvalue weighted by Gasteiger charge is -2.40. The number of rotatable bonds is 3. The van der Waals surface area contributed by atoms with Gasteiger partial charge in [0, 0.05) is 31.2 Å². The summed E-state index contributed by atoms with van der Waals surface area (Å²) < 4.78 is 46.9. The van der Waals surface area contributed by atoms with Gasteiger partial charge in [-0.15, -0.1) is 0 Å². The molecule has 1 atom stereocenters. The quantitative estimate of drug-likeness (QED) is 0.763. The van der Waals surface area contributed by atoms with Crippen LogP contribution in [0.15, 0.2) is 18.2 Å². The lowest BCUT2D eigenvalue weighted by Crippen LogP contribution is -2.56. The van der Waals surface area contributed by atoms with Gasteiger partial charge in [0.15, 0.2) is 6.61 Å². The third-order valence-electron chi connectivity index (χ3n) is 4.19. The molecule has 1 aromatic rings. The normalized spacial score (nSPS) is 17.8. The van der Waals surface area contributed by atoms with Gasteiger partial charge in [0.2, 0.25) is 0 Å². The largest absolute Gasteiger partial charge is 0.482 e. The highest BCUT2D eigenvalue weighted by molar-refractivity contribution is 5.95. The molecular formula is C19H26F3N3O4. The molecule has 10 heteroatoms. The Balaban J connectivity index is 2.01. The van der Waals surface area contributed by atoms with Gasteiger partial charge in [0.05, 0.1) is 5.69 Å². The first-order valence-electron chi connectivity index (χ1n) is 9.15. The minimum absolute atomic E-state index is 0.0551. The Labute approximate surface area is 167 Å². The number of nitrogens with two attached hydrogens (primary N) is 1. The van der Waals surface area contributed by atoms with Gasteiger partial charge >= 0.3 is 12.3 Å². The third-order valence-corrected chi connectivity index (χ3v) is 4.19. The minimum Gasteiger partial charge on any atom is -0.482 e. The van der Waals surface area contributed by atoms with Crippen molar-refractivity contribution in [3.05, 3.63) is 23.8 Å². The van der Waals surface area contributed by atoms with Crippen LogP contribution in [0.4, 0.5) is 23.7 Å². The van der Waals surface area contributed by atoms with Crippen LogP contribution in [-0.2, 0) is 4.74 Å². The molecule has 2 amide bonds. The van der Waals surface area contributed by atoms with E-state index >= 15 is 0 Å². The molecule has 29 heavy (non-hydrogen) atoms. The number of ether oxygens (including phenoxy) is 2. The molecule has 1 fully saturated rings. The number of carbonyl (C=O) groups excluding carboxylic acids is 2. The summed E-state index contributed by atoms with van der Waals surface area (Å²) in [6.45, 7) is 6.59. The number of nitrogen functional groups attached to an aromatic ring is 1. The van der Waals surface area contributed by atoms with Crippen molar-refractivity contribution in [3.8, 4) is 5.75 Å². The molecule has 1 saturated heterocycles. The fourth-order valence-corrected chi connectivity index (χ4v) is 2.89. The van der Waals surface area contributed by atoms with Crippen LogP contribution in [0.3, 0.4) is 0 Å². The summed E-state index contributed by atoms with van der Waals surface area (Å²) in [4.78, 5) is 28.2. The number of hydrogen-bond acceptors (Lipinski definition) is 5. The molecule has 1 aromatic carbocycles. The molecule has 1 aliphatic rings. The number of alkyl halides is 3. The van der Waals surface area contributed by atoms with E-state index < -0.39 is 24.5 Å². The number of halogens is 3. The number of nitrogens with zero attached hydrogens (tertiary/aromatic N) is 2. The zero-order valence-corrected chi connectivity index (χ0v) is 16.9. The summed E-state index contributed by atoms with van der Waals surface area (Å²) in [5.74, 6) is -0.461. The molecular weight excluding hydrogens is 391 g/mol. The number of carbonyl (C=O) groups is 2. The fourth-order valence-electron chi connectivity index (χ4n) is 2.89. The maximum absolute atomic E-state index is 12.7. The van der Waals surface area contributed by atoms with Crippen molar-refractivity contribution < 1.29 is 32.2 Å². The lowest BCUT2D eigenvalue weighted by molar-refractivity contribution is -0.153. The molecule has 1 heterocycles. The molecule has 0 aliphatic carbocycles. The van der Waals surface area contributed by atoms with Gasteiger partial charge in [0.25, 0.3) is 5.91 Å². The molecule has 0 spiro atoms. The highest BCUT2D eigenvalue weighted by Crippen LogP contribution is 2.26. The van der Waals surface area contributed by atoms with Gasteiger partial charge in [-0.2, -0.15) is 13.2 Å². The van der Waals surface area contributed by atoms with E-state index in [1.54, 1.807) is 30.6 Å². The van der Waals surface area contributed by atoms with Crippen LogP contribution in [0.2, 0.25) is 0 Å². The van der Waals surface area contributed by atoms with E-state index in [0.717, 1.165) is 0 Å². The number of anilines is 1. The van der Waals surface area contributed by atoms with Crippen LogP contribution in [-0.4, -0.2) is 65.9 Å². The van der Waals surface area contributed by atoms with Gasteiger partial charge in [0.1, 0.15) is 11.4 Å². The molecule has 0 saturated carbocycles. The Bertz CT molecular complexity index is 762. The zero-order valence-electron chi connectivity index (χ0n) is 16.9. The van der Waals surface area contributed by atoms with Crippen LogP contribution in [0, 0.1) is 0 Å². The van der Waals surface area contributed by atoms with Crippen LogP contribution >= 0.6 is 0 Å². The van der Waals surface area contributed by atoms with Gasteiger partial charge in [-0.25, -0.2) is 4.79 Å². The van der Waals surface area contributed by atoms with E-state index in [1.807, 2.05) is 6.92 Å². The van der Waals surface area contributed by atoms with Crippen molar-refractivity contribution in [2.75, 3.05) is 32.0 Å². The van der Waals surface area contributed by atoms with Gasteiger partial charge < -0.3 is 25.0 Å². The van der Waals surface area contributed by atoms with E-state index in [0.29, 0.717) is 19.6 Å². The molecule has 1 aliphatic heterocycles. The topological polar surface area (TPSA) is 85.1 Å². The van der Waals surface area contributed by atoms with Gasteiger partial charge in [-0.1, -0.05) is 0 Å². The Morgan fingerprint density at radius 2 is 1.86 bits per heavy atom. The zero-order chi connectivity index (χ0) is 22.0. The Kier molecular flexibility index (Phi) is 6.54. The Hall–Kier alpha value is -2.65. The van der Waals surface area contributed by atoms with E-state index in [4.69, 9.17) is 10.5 Å². The predicted octanol–water partition coefficient (Wildman–Crippen LogP) is 3.29. The average Bonchev–Trinajstić information content (AvgIpc) is 2.57. The summed E-state index contributed by atoms with van der Waals surface area (Å²) in [7, 11) is 0. The maximum Gasteiger partial charge on any atom is 0.422 e. The van der Waals surface area contributed by atoms with E-state index in [1.165, 1.54) is 18.2 Å². The molecule has 0 aromatic heterocycles. The van der Waals surface area contributed by atoms with Gasteiger partial charge in [-0.05, 0) is 45.9 Å². The third kappa shape index (κ3) is 6.43. The smallest absolute Gasteiger partial charge is 0.422 e. The molecule has 0 radical (unpaired) electrons. The monoisotopic (exact) mass is 417 g/mol. The average molecular weight is 417 g/mol. The first-order chi connectivity index (χ1) is 13.3. The van der Waals surface area contributed by atoms with Crippen molar-refractivity contribution in [1.82, 2.24) is 9.80 Å². The van der Waals surface area contributed by atoms with Crippen LogP contribution in [0.25, 0.3) is 0 Å². The summed E-state index contributed by atoms with van der Waals surface area (Å²) >= 11 is 0.